The van der Waals surface area contributed by atoms with E-state index in [1.165, 1.54) is 0 Å². The molecule has 0 saturated carbocycles. The van der Waals surface area contributed by atoms with Gasteiger partial charge in [-0.15, -0.1) is 0 Å². The predicted octanol–water partition coefficient (Wildman–Crippen LogP) is 6.89. The van der Waals surface area contributed by atoms with Crippen LogP contribution < -0.4 is 0 Å². The number of alkyl halides is 2. The molecule has 1 saturated heterocycles. The second-order valence-electron chi connectivity index (χ2n) is 10.2. The summed E-state index contributed by atoms with van der Waals surface area (Å²) in [5.41, 5.74) is 3.71. The molecule has 1 fully saturated rings. The smallest absolute Gasteiger partial charge is 0.302 e. The van der Waals surface area contributed by atoms with Crippen LogP contribution in [-0.4, -0.2) is 42.2 Å². The number of benzene rings is 4. The molecule has 0 radical (unpaired) electrons. The van der Waals surface area contributed by atoms with E-state index >= 15 is 8.78 Å². The van der Waals surface area contributed by atoms with Gasteiger partial charge in [-0.05, 0) is 22.3 Å². The van der Waals surface area contributed by atoms with Crippen molar-refractivity contribution in [3.05, 3.63) is 144 Å². The van der Waals surface area contributed by atoms with Crippen LogP contribution >= 0.6 is 0 Å². The van der Waals surface area contributed by atoms with Gasteiger partial charge in [-0.2, -0.15) is 0 Å². The Labute approximate surface area is 235 Å². The maximum atomic E-state index is 16.3. The van der Waals surface area contributed by atoms with E-state index in [9.17, 15) is 0 Å². The topological polar surface area (TPSA) is 30.9 Å². The minimum absolute atomic E-state index is 0.0548. The van der Waals surface area contributed by atoms with Crippen LogP contribution in [0.3, 0.4) is 0 Å². The summed E-state index contributed by atoms with van der Waals surface area (Å²) in [6, 6.07) is 37.8. The molecule has 0 aliphatic carbocycles. The summed E-state index contributed by atoms with van der Waals surface area (Å²) in [6.07, 6.45) is -2.77. The third kappa shape index (κ3) is 7.40. The molecule has 6 heteroatoms. The third-order valence-corrected chi connectivity index (χ3v) is 7.22. The summed E-state index contributed by atoms with van der Waals surface area (Å²) in [5.74, 6) is -3.24. The highest BCUT2D eigenvalue weighted by atomic mass is 19.3. The molecule has 0 aromatic heterocycles. The van der Waals surface area contributed by atoms with Gasteiger partial charge in [0.05, 0.1) is 32.5 Å². The molecular formula is C34H35F2NO3. The highest BCUT2D eigenvalue weighted by molar-refractivity contribution is 5.18. The van der Waals surface area contributed by atoms with Crippen LogP contribution in [0.1, 0.15) is 22.3 Å². The maximum Gasteiger partial charge on any atom is 0.302 e. The summed E-state index contributed by atoms with van der Waals surface area (Å²) in [4.78, 5) is 2.03. The number of rotatable bonds is 12. The normalized spacial score (nSPS) is 20.8. The van der Waals surface area contributed by atoms with Crippen LogP contribution in [0.5, 0.6) is 0 Å². The van der Waals surface area contributed by atoms with Gasteiger partial charge in [-0.25, -0.2) is 8.78 Å². The van der Waals surface area contributed by atoms with Crippen LogP contribution in [0.15, 0.2) is 121 Å². The molecule has 5 rings (SSSR count). The summed E-state index contributed by atoms with van der Waals surface area (Å²) in [6.45, 7) is 1.14. The molecule has 1 aliphatic rings. The fourth-order valence-corrected chi connectivity index (χ4v) is 5.08. The van der Waals surface area contributed by atoms with Crippen LogP contribution in [-0.2, 0) is 40.6 Å². The standard InChI is InChI=1S/C34H35F2NO3/c35-34(36)32(39-24-29-17-9-3-10-18-29)22-37(21-27-13-5-1-6-14-27)31(26-38-23-28-15-7-2-8-16-28)33(34)40-25-30-19-11-4-12-20-30/h1-20,31-33H,21-26H2/t31-,32+,33-/m1/s1. The second-order valence-corrected chi connectivity index (χ2v) is 10.2. The quantitative estimate of drug-likeness (QED) is 0.195. The lowest BCUT2D eigenvalue weighted by Crippen LogP contribution is -2.67. The van der Waals surface area contributed by atoms with Gasteiger partial charge in [0, 0.05) is 13.1 Å². The summed E-state index contributed by atoms with van der Waals surface area (Å²) in [7, 11) is 0. The van der Waals surface area contributed by atoms with Gasteiger partial charge < -0.3 is 14.2 Å². The molecule has 4 aromatic carbocycles. The minimum Gasteiger partial charge on any atom is -0.375 e. The number of hydrogen-bond donors (Lipinski definition) is 0. The lowest BCUT2D eigenvalue weighted by Gasteiger charge is -2.48. The third-order valence-electron chi connectivity index (χ3n) is 7.22. The molecule has 208 valence electrons. The first-order valence-corrected chi connectivity index (χ1v) is 13.7. The van der Waals surface area contributed by atoms with Gasteiger partial charge >= 0.3 is 5.92 Å². The molecule has 1 aliphatic heterocycles. The van der Waals surface area contributed by atoms with Crippen molar-refractivity contribution in [2.24, 2.45) is 0 Å². The minimum atomic E-state index is -3.24. The van der Waals surface area contributed by atoms with Gasteiger partial charge in [0.1, 0.15) is 12.2 Å². The average molecular weight is 544 g/mol. The van der Waals surface area contributed by atoms with Crippen molar-refractivity contribution in [2.45, 2.75) is 50.5 Å². The summed E-state index contributed by atoms with van der Waals surface area (Å²) in [5, 5.41) is 0. The zero-order chi connectivity index (χ0) is 27.6. The molecule has 3 atom stereocenters. The molecule has 0 spiro atoms. The number of hydrogen-bond acceptors (Lipinski definition) is 4. The first kappa shape index (κ1) is 28.1. The van der Waals surface area contributed by atoms with Crippen LogP contribution in [0.4, 0.5) is 8.78 Å². The van der Waals surface area contributed by atoms with E-state index in [2.05, 4.69) is 0 Å². The van der Waals surface area contributed by atoms with Crippen molar-refractivity contribution in [3.63, 3.8) is 0 Å². The molecule has 0 N–H and O–H groups in total. The predicted molar refractivity (Wildman–Crippen MR) is 152 cm³/mol. The number of halogens is 2. The fourth-order valence-electron chi connectivity index (χ4n) is 5.08. The summed E-state index contributed by atoms with van der Waals surface area (Å²) < 4.78 is 50.8. The van der Waals surface area contributed by atoms with Crippen molar-refractivity contribution in [1.82, 2.24) is 4.90 Å². The Balaban J connectivity index is 1.40. The highest BCUT2D eigenvalue weighted by Gasteiger charge is 2.58. The van der Waals surface area contributed by atoms with E-state index in [-0.39, 0.29) is 26.4 Å². The monoisotopic (exact) mass is 543 g/mol. The average Bonchev–Trinajstić information content (AvgIpc) is 2.99. The van der Waals surface area contributed by atoms with E-state index in [0.717, 1.165) is 22.3 Å². The molecular weight excluding hydrogens is 508 g/mol. The molecule has 4 aromatic rings. The van der Waals surface area contributed by atoms with Crippen molar-refractivity contribution in [2.75, 3.05) is 13.2 Å². The Bertz CT molecular complexity index is 1280. The van der Waals surface area contributed by atoms with Gasteiger partial charge in [0.2, 0.25) is 0 Å². The molecule has 40 heavy (non-hydrogen) atoms. The van der Waals surface area contributed by atoms with Crippen molar-refractivity contribution in [1.29, 1.82) is 0 Å². The molecule has 0 bridgehead atoms. The van der Waals surface area contributed by atoms with Crippen molar-refractivity contribution < 1.29 is 23.0 Å². The lowest BCUT2D eigenvalue weighted by atomic mass is 9.91. The largest absolute Gasteiger partial charge is 0.375 e. The second kappa shape index (κ2) is 13.8. The molecule has 0 unspecified atom stereocenters. The summed E-state index contributed by atoms with van der Waals surface area (Å²) >= 11 is 0. The van der Waals surface area contributed by atoms with Gasteiger partial charge in [0.25, 0.3) is 0 Å². The first-order valence-electron chi connectivity index (χ1n) is 13.7. The van der Waals surface area contributed by atoms with E-state index in [1.54, 1.807) is 0 Å². The van der Waals surface area contributed by atoms with E-state index in [0.29, 0.717) is 13.2 Å². The van der Waals surface area contributed by atoms with Crippen molar-refractivity contribution >= 4 is 0 Å². The molecule has 4 nitrogen and oxygen atoms in total. The van der Waals surface area contributed by atoms with Gasteiger partial charge in [-0.1, -0.05) is 121 Å². The fraction of sp³-hybridized carbons (Fsp3) is 0.294. The zero-order valence-corrected chi connectivity index (χ0v) is 22.4. The Morgan fingerprint density at radius 2 is 1.05 bits per heavy atom. The number of piperidine rings is 1. The Kier molecular flexibility index (Phi) is 9.68. The zero-order valence-electron chi connectivity index (χ0n) is 22.4. The number of ether oxygens (including phenoxy) is 3. The van der Waals surface area contributed by atoms with Crippen LogP contribution in [0.2, 0.25) is 0 Å². The SMILES string of the molecule is FC1(F)[C@@H](OCc2ccccc2)CN(Cc2ccccc2)[C@H](COCc2ccccc2)[C@H]1OCc1ccccc1. The molecule has 0 amide bonds. The number of nitrogens with zero attached hydrogens (tertiary/aromatic N) is 1. The van der Waals surface area contributed by atoms with Gasteiger partial charge in [-0.3, -0.25) is 4.90 Å². The lowest BCUT2D eigenvalue weighted by molar-refractivity contribution is -0.266. The van der Waals surface area contributed by atoms with Crippen LogP contribution in [0, 0.1) is 0 Å². The molecule has 1 heterocycles. The van der Waals surface area contributed by atoms with E-state index in [4.69, 9.17) is 14.2 Å². The van der Waals surface area contributed by atoms with Gasteiger partial charge in [0.15, 0.2) is 0 Å². The Hall–Kier alpha value is -3.42. The Morgan fingerprint density at radius 3 is 1.57 bits per heavy atom. The Morgan fingerprint density at radius 1 is 0.600 bits per heavy atom. The first-order chi connectivity index (χ1) is 19.6. The maximum absolute atomic E-state index is 16.3. The van der Waals surface area contributed by atoms with E-state index in [1.807, 2.05) is 126 Å². The van der Waals surface area contributed by atoms with Crippen LogP contribution in [0.25, 0.3) is 0 Å². The number of likely N-dealkylation sites (tertiary alicyclic amines) is 1. The highest BCUT2D eigenvalue weighted by Crippen LogP contribution is 2.38. The van der Waals surface area contributed by atoms with E-state index < -0.39 is 24.2 Å². The van der Waals surface area contributed by atoms with Crippen molar-refractivity contribution in [3.8, 4) is 0 Å².